The van der Waals surface area contributed by atoms with Crippen molar-refractivity contribution in [3.8, 4) is 0 Å². The molecule has 0 aliphatic heterocycles. The molecular formula is C12H20N2O2. The number of aryl methyl sites for hydroxylation is 1. The molecule has 0 saturated carbocycles. The van der Waals surface area contributed by atoms with E-state index in [-0.39, 0.29) is 0 Å². The van der Waals surface area contributed by atoms with Crippen LogP contribution in [0.15, 0.2) is 6.20 Å². The van der Waals surface area contributed by atoms with Gasteiger partial charge in [0.15, 0.2) is 0 Å². The molecule has 16 heavy (non-hydrogen) atoms. The Bertz CT molecular complexity index is 380. The molecule has 90 valence electrons. The first kappa shape index (κ1) is 12.7. The molecule has 1 rings (SSSR count). The van der Waals surface area contributed by atoms with Gasteiger partial charge in [0.1, 0.15) is 0 Å². The predicted molar refractivity (Wildman–Crippen MR) is 62.6 cm³/mol. The summed E-state index contributed by atoms with van der Waals surface area (Å²) in [6.45, 7) is 8.34. The van der Waals surface area contributed by atoms with Gasteiger partial charge in [-0.25, -0.2) is 0 Å². The molecular weight excluding hydrogens is 204 g/mol. The van der Waals surface area contributed by atoms with E-state index in [1.807, 2.05) is 11.6 Å². The Labute approximate surface area is 96.3 Å². The molecule has 0 unspecified atom stereocenters. The number of carbonyl (C=O) groups is 1. The van der Waals surface area contributed by atoms with Crippen molar-refractivity contribution >= 4 is 5.97 Å². The summed E-state index contributed by atoms with van der Waals surface area (Å²) in [5.74, 6) is -0.805. The van der Waals surface area contributed by atoms with E-state index < -0.39 is 11.4 Å². The topological polar surface area (TPSA) is 55.1 Å². The number of nitrogens with zero attached hydrogens (tertiary/aromatic N) is 2. The molecule has 4 nitrogen and oxygen atoms in total. The van der Waals surface area contributed by atoms with Gasteiger partial charge in [0.2, 0.25) is 0 Å². The zero-order valence-corrected chi connectivity index (χ0v) is 10.4. The van der Waals surface area contributed by atoms with Gasteiger partial charge in [-0.15, -0.1) is 0 Å². The number of rotatable bonds is 5. The normalized spacial score (nSPS) is 11.8. The second kappa shape index (κ2) is 4.68. The van der Waals surface area contributed by atoms with E-state index in [0.717, 1.165) is 30.6 Å². The van der Waals surface area contributed by atoms with E-state index in [1.165, 1.54) is 0 Å². The Kier molecular flexibility index (Phi) is 3.73. The van der Waals surface area contributed by atoms with Crippen molar-refractivity contribution in [3.63, 3.8) is 0 Å². The van der Waals surface area contributed by atoms with Gasteiger partial charge < -0.3 is 5.11 Å². The van der Waals surface area contributed by atoms with Gasteiger partial charge in [-0.1, -0.05) is 13.3 Å². The number of aliphatic carboxylic acids is 1. The summed E-state index contributed by atoms with van der Waals surface area (Å²) in [7, 11) is 0. The maximum Gasteiger partial charge on any atom is 0.313 e. The number of hydrogen-bond acceptors (Lipinski definition) is 2. The summed E-state index contributed by atoms with van der Waals surface area (Å²) < 4.78 is 1.89. The lowest BCUT2D eigenvalue weighted by Crippen LogP contribution is -2.29. The number of hydrogen-bond donors (Lipinski definition) is 1. The Morgan fingerprint density at radius 3 is 2.56 bits per heavy atom. The van der Waals surface area contributed by atoms with Crippen LogP contribution < -0.4 is 0 Å². The SMILES string of the molecule is CCCc1c(C(C)(C)C(=O)O)cnn1CC. The molecule has 0 spiro atoms. The molecule has 0 atom stereocenters. The van der Waals surface area contributed by atoms with Crippen molar-refractivity contribution in [1.82, 2.24) is 9.78 Å². The van der Waals surface area contributed by atoms with Gasteiger partial charge in [0.25, 0.3) is 0 Å². The van der Waals surface area contributed by atoms with Crippen LogP contribution in [0.4, 0.5) is 0 Å². The molecule has 1 aromatic heterocycles. The Hall–Kier alpha value is -1.32. The highest BCUT2D eigenvalue weighted by Crippen LogP contribution is 2.27. The van der Waals surface area contributed by atoms with Crippen LogP contribution in [-0.4, -0.2) is 20.9 Å². The summed E-state index contributed by atoms with van der Waals surface area (Å²) in [4.78, 5) is 11.2. The number of aromatic nitrogens is 2. The third-order valence-electron chi connectivity index (χ3n) is 2.94. The molecule has 0 bridgehead atoms. The Balaban J connectivity index is 3.23. The van der Waals surface area contributed by atoms with Crippen LogP contribution in [0.1, 0.15) is 45.4 Å². The van der Waals surface area contributed by atoms with Gasteiger partial charge >= 0.3 is 5.97 Å². The molecule has 1 heterocycles. The summed E-state index contributed by atoms with van der Waals surface area (Å²) in [5, 5.41) is 13.5. The molecule has 0 aliphatic rings. The largest absolute Gasteiger partial charge is 0.481 e. The highest BCUT2D eigenvalue weighted by molar-refractivity contribution is 5.80. The van der Waals surface area contributed by atoms with Gasteiger partial charge in [-0.2, -0.15) is 5.10 Å². The van der Waals surface area contributed by atoms with Crippen molar-refractivity contribution in [1.29, 1.82) is 0 Å². The monoisotopic (exact) mass is 224 g/mol. The summed E-state index contributed by atoms with van der Waals surface area (Å²) >= 11 is 0. The first-order chi connectivity index (χ1) is 7.45. The van der Waals surface area contributed by atoms with Gasteiger partial charge in [0.05, 0.1) is 11.6 Å². The minimum absolute atomic E-state index is 0.783. The standard InChI is InChI=1S/C12H20N2O2/c1-5-7-10-9(8-13-14(10)6-2)12(3,4)11(15)16/h8H,5-7H2,1-4H3,(H,15,16). The maximum absolute atomic E-state index is 11.2. The predicted octanol–water partition coefficient (Wildman–Crippen LogP) is 2.22. The molecule has 0 aliphatic carbocycles. The van der Waals surface area contributed by atoms with E-state index >= 15 is 0 Å². The van der Waals surface area contributed by atoms with E-state index in [4.69, 9.17) is 0 Å². The van der Waals surface area contributed by atoms with Crippen LogP contribution in [0.5, 0.6) is 0 Å². The average molecular weight is 224 g/mol. The smallest absolute Gasteiger partial charge is 0.313 e. The molecule has 0 fully saturated rings. The lowest BCUT2D eigenvalue weighted by molar-refractivity contribution is -0.142. The van der Waals surface area contributed by atoms with Crippen LogP contribution in [0, 0.1) is 0 Å². The van der Waals surface area contributed by atoms with E-state index in [1.54, 1.807) is 20.0 Å². The van der Waals surface area contributed by atoms with Crippen molar-refractivity contribution < 1.29 is 9.90 Å². The Morgan fingerprint density at radius 2 is 2.12 bits per heavy atom. The second-order valence-corrected chi connectivity index (χ2v) is 4.50. The zero-order chi connectivity index (χ0) is 12.3. The molecule has 1 aromatic rings. The highest BCUT2D eigenvalue weighted by Gasteiger charge is 2.33. The Morgan fingerprint density at radius 1 is 1.50 bits per heavy atom. The molecule has 4 heteroatoms. The lowest BCUT2D eigenvalue weighted by atomic mass is 9.84. The summed E-state index contributed by atoms with van der Waals surface area (Å²) in [6.07, 6.45) is 3.57. The second-order valence-electron chi connectivity index (χ2n) is 4.50. The van der Waals surface area contributed by atoms with E-state index in [0.29, 0.717) is 0 Å². The number of carboxylic acid groups (broad SMARTS) is 1. The van der Waals surface area contributed by atoms with Crippen molar-refractivity contribution in [2.24, 2.45) is 0 Å². The fourth-order valence-corrected chi connectivity index (χ4v) is 1.82. The van der Waals surface area contributed by atoms with Crippen molar-refractivity contribution in [2.45, 2.75) is 52.5 Å². The van der Waals surface area contributed by atoms with Crippen LogP contribution >= 0.6 is 0 Å². The van der Waals surface area contributed by atoms with Crippen LogP contribution in [0.2, 0.25) is 0 Å². The van der Waals surface area contributed by atoms with Gasteiger partial charge in [-0.05, 0) is 27.2 Å². The third-order valence-corrected chi connectivity index (χ3v) is 2.94. The maximum atomic E-state index is 11.2. The number of carboxylic acids is 1. The zero-order valence-electron chi connectivity index (χ0n) is 10.4. The van der Waals surface area contributed by atoms with Crippen LogP contribution in [-0.2, 0) is 23.2 Å². The summed E-state index contributed by atoms with van der Waals surface area (Å²) in [6, 6.07) is 0. The van der Waals surface area contributed by atoms with Crippen molar-refractivity contribution in [3.05, 3.63) is 17.5 Å². The molecule has 0 amide bonds. The van der Waals surface area contributed by atoms with Crippen LogP contribution in [0.3, 0.4) is 0 Å². The average Bonchev–Trinajstić information content (AvgIpc) is 2.61. The minimum Gasteiger partial charge on any atom is -0.481 e. The first-order valence-electron chi connectivity index (χ1n) is 5.73. The quantitative estimate of drug-likeness (QED) is 0.834. The van der Waals surface area contributed by atoms with E-state index in [9.17, 15) is 9.90 Å². The fourth-order valence-electron chi connectivity index (χ4n) is 1.82. The van der Waals surface area contributed by atoms with Crippen molar-refractivity contribution in [2.75, 3.05) is 0 Å². The lowest BCUT2D eigenvalue weighted by Gasteiger charge is -2.20. The van der Waals surface area contributed by atoms with Gasteiger partial charge in [-0.3, -0.25) is 9.48 Å². The van der Waals surface area contributed by atoms with Crippen LogP contribution in [0.25, 0.3) is 0 Å². The highest BCUT2D eigenvalue weighted by atomic mass is 16.4. The van der Waals surface area contributed by atoms with Gasteiger partial charge in [0, 0.05) is 17.8 Å². The minimum atomic E-state index is -0.863. The fraction of sp³-hybridized carbons (Fsp3) is 0.667. The molecule has 0 aromatic carbocycles. The molecule has 0 radical (unpaired) electrons. The molecule has 1 N–H and O–H groups in total. The first-order valence-corrected chi connectivity index (χ1v) is 5.73. The summed E-state index contributed by atoms with van der Waals surface area (Å²) in [5.41, 5.74) is 1.03. The third kappa shape index (κ3) is 2.10. The molecule has 0 saturated heterocycles. The van der Waals surface area contributed by atoms with E-state index in [2.05, 4.69) is 12.0 Å².